The molecule has 0 radical (unpaired) electrons. The van der Waals surface area contributed by atoms with Crippen molar-refractivity contribution < 1.29 is 19.1 Å². The minimum absolute atomic E-state index is 0.0478. The molecule has 0 aliphatic rings. The Morgan fingerprint density at radius 3 is 2.58 bits per heavy atom. The van der Waals surface area contributed by atoms with Gasteiger partial charge in [0.25, 0.3) is 0 Å². The Morgan fingerprint density at radius 1 is 1.04 bits per heavy atom. The van der Waals surface area contributed by atoms with Crippen molar-refractivity contribution in [2.24, 2.45) is 0 Å². The number of para-hydroxylation sites is 3. The van der Waals surface area contributed by atoms with E-state index in [0.29, 0.717) is 16.3 Å². The smallest absolute Gasteiger partial charge is 0.316 e. The van der Waals surface area contributed by atoms with Crippen molar-refractivity contribution in [3.63, 3.8) is 0 Å². The highest BCUT2D eigenvalue weighted by molar-refractivity contribution is 7.99. The molecule has 1 aromatic heterocycles. The highest BCUT2D eigenvalue weighted by atomic mass is 32.2. The molecule has 26 heavy (non-hydrogen) atoms. The van der Waals surface area contributed by atoms with E-state index in [2.05, 4.69) is 9.97 Å². The first-order valence-electron chi connectivity index (χ1n) is 7.84. The van der Waals surface area contributed by atoms with Crippen LogP contribution in [-0.4, -0.2) is 41.2 Å². The van der Waals surface area contributed by atoms with E-state index in [-0.39, 0.29) is 18.1 Å². The number of ketones is 1. The Labute approximate surface area is 154 Å². The third-order valence-corrected chi connectivity index (χ3v) is 4.41. The molecule has 0 bridgehead atoms. The number of esters is 1. The Kier molecular flexibility index (Phi) is 5.80. The highest BCUT2D eigenvalue weighted by Gasteiger charge is 2.14. The molecule has 0 unspecified atom stereocenters. The van der Waals surface area contributed by atoms with Crippen molar-refractivity contribution in [2.75, 3.05) is 19.5 Å². The number of hydrogen-bond acceptors (Lipinski definition) is 7. The SMILES string of the molecule is COc1ccccc1C(=O)COC(=O)CSc1cnc2ccccc2n1. The van der Waals surface area contributed by atoms with Gasteiger partial charge in [-0.3, -0.25) is 14.6 Å². The van der Waals surface area contributed by atoms with Gasteiger partial charge in [-0.05, 0) is 24.3 Å². The molecule has 0 aliphatic carbocycles. The lowest BCUT2D eigenvalue weighted by Crippen LogP contribution is -2.16. The largest absolute Gasteiger partial charge is 0.496 e. The monoisotopic (exact) mass is 368 g/mol. The number of hydrogen-bond donors (Lipinski definition) is 0. The molecule has 3 aromatic rings. The predicted molar refractivity (Wildman–Crippen MR) is 98.5 cm³/mol. The van der Waals surface area contributed by atoms with Crippen LogP contribution in [0.4, 0.5) is 0 Å². The van der Waals surface area contributed by atoms with E-state index in [1.165, 1.54) is 18.9 Å². The molecule has 0 fully saturated rings. The number of benzene rings is 2. The number of thioether (sulfide) groups is 1. The first-order valence-corrected chi connectivity index (χ1v) is 8.82. The first-order chi connectivity index (χ1) is 12.7. The summed E-state index contributed by atoms with van der Waals surface area (Å²) in [4.78, 5) is 32.8. The molecule has 0 spiro atoms. The summed E-state index contributed by atoms with van der Waals surface area (Å²) in [7, 11) is 1.49. The van der Waals surface area contributed by atoms with Crippen LogP contribution in [0.3, 0.4) is 0 Å². The predicted octanol–water partition coefficient (Wildman–Crippen LogP) is 3.16. The number of fused-ring (bicyclic) bond motifs is 1. The van der Waals surface area contributed by atoms with Crippen molar-refractivity contribution in [2.45, 2.75) is 5.03 Å². The van der Waals surface area contributed by atoms with E-state index in [4.69, 9.17) is 9.47 Å². The van der Waals surface area contributed by atoms with Gasteiger partial charge < -0.3 is 9.47 Å². The van der Waals surface area contributed by atoms with Gasteiger partial charge in [-0.2, -0.15) is 0 Å². The van der Waals surface area contributed by atoms with E-state index < -0.39 is 5.97 Å². The van der Waals surface area contributed by atoms with Gasteiger partial charge in [0.05, 0.1) is 35.7 Å². The lowest BCUT2D eigenvalue weighted by Gasteiger charge is -2.08. The summed E-state index contributed by atoms with van der Waals surface area (Å²) in [6, 6.07) is 14.3. The second kappa shape index (κ2) is 8.44. The summed E-state index contributed by atoms with van der Waals surface area (Å²) in [5, 5.41) is 0.622. The fourth-order valence-electron chi connectivity index (χ4n) is 2.28. The number of Topliss-reactive ketones (excluding diaryl/α,β-unsaturated/α-hetero) is 1. The molecule has 0 saturated carbocycles. The molecule has 132 valence electrons. The average Bonchev–Trinajstić information content (AvgIpc) is 2.70. The number of aromatic nitrogens is 2. The molecule has 3 rings (SSSR count). The van der Waals surface area contributed by atoms with E-state index >= 15 is 0 Å². The molecule has 7 heteroatoms. The molecule has 1 heterocycles. The summed E-state index contributed by atoms with van der Waals surface area (Å²) in [6.07, 6.45) is 1.61. The fraction of sp³-hybridized carbons (Fsp3) is 0.158. The number of methoxy groups -OCH3 is 1. The second-order valence-corrected chi connectivity index (χ2v) is 6.27. The highest BCUT2D eigenvalue weighted by Crippen LogP contribution is 2.19. The van der Waals surface area contributed by atoms with Gasteiger partial charge in [0.1, 0.15) is 10.8 Å². The molecule has 0 amide bonds. The van der Waals surface area contributed by atoms with E-state index in [0.717, 1.165) is 11.0 Å². The normalized spacial score (nSPS) is 10.5. The van der Waals surface area contributed by atoms with Crippen LogP contribution < -0.4 is 4.74 Å². The summed E-state index contributed by atoms with van der Waals surface area (Å²) in [6.45, 7) is -0.330. The third-order valence-electron chi connectivity index (χ3n) is 3.54. The van der Waals surface area contributed by atoms with Crippen LogP contribution in [0, 0.1) is 0 Å². The quantitative estimate of drug-likeness (QED) is 0.360. The number of carbonyl (C=O) groups is 2. The first kappa shape index (κ1) is 17.9. The molecule has 6 nitrogen and oxygen atoms in total. The van der Waals surface area contributed by atoms with E-state index in [1.54, 1.807) is 30.5 Å². The van der Waals surface area contributed by atoms with E-state index in [1.807, 2.05) is 24.3 Å². The summed E-state index contributed by atoms with van der Waals surface area (Å²) >= 11 is 1.21. The van der Waals surface area contributed by atoms with Crippen LogP contribution in [-0.2, 0) is 9.53 Å². The maximum atomic E-state index is 12.2. The molecule has 0 N–H and O–H groups in total. The lowest BCUT2D eigenvalue weighted by atomic mass is 10.1. The minimum atomic E-state index is -0.492. The van der Waals surface area contributed by atoms with Gasteiger partial charge in [-0.25, -0.2) is 4.98 Å². The van der Waals surface area contributed by atoms with Crippen molar-refractivity contribution in [1.82, 2.24) is 9.97 Å². The van der Waals surface area contributed by atoms with Crippen LogP contribution in [0.2, 0.25) is 0 Å². The van der Waals surface area contributed by atoms with E-state index in [9.17, 15) is 9.59 Å². The Hall–Kier alpha value is -2.93. The number of ether oxygens (including phenoxy) is 2. The van der Waals surface area contributed by atoms with Crippen molar-refractivity contribution in [1.29, 1.82) is 0 Å². The lowest BCUT2D eigenvalue weighted by molar-refractivity contribution is -0.139. The summed E-state index contributed by atoms with van der Waals surface area (Å²) in [5.74, 6) is -0.305. The zero-order valence-electron chi connectivity index (χ0n) is 14.0. The molecule has 0 aliphatic heterocycles. The van der Waals surface area contributed by atoms with Gasteiger partial charge in [0.2, 0.25) is 5.78 Å². The van der Waals surface area contributed by atoms with Crippen LogP contribution >= 0.6 is 11.8 Å². The molecular weight excluding hydrogens is 352 g/mol. The summed E-state index contributed by atoms with van der Waals surface area (Å²) in [5.41, 5.74) is 1.94. The van der Waals surface area contributed by atoms with Crippen molar-refractivity contribution in [3.8, 4) is 5.75 Å². The number of carbonyl (C=O) groups excluding carboxylic acids is 2. The van der Waals surface area contributed by atoms with Crippen LogP contribution in [0.25, 0.3) is 11.0 Å². The van der Waals surface area contributed by atoms with Crippen LogP contribution in [0.15, 0.2) is 59.8 Å². The van der Waals surface area contributed by atoms with Gasteiger partial charge in [0, 0.05) is 0 Å². The number of nitrogens with zero attached hydrogens (tertiary/aromatic N) is 2. The zero-order chi connectivity index (χ0) is 18.4. The topological polar surface area (TPSA) is 78.4 Å². The molecule has 2 aromatic carbocycles. The summed E-state index contributed by atoms with van der Waals surface area (Å²) < 4.78 is 10.2. The third kappa shape index (κ3) is 4.37. The van der Waals surface area contributed by atoms with Gasteiger partial charge in [-0.15, -0.1) is 0 Å². The maximum Gasteiger partial charge on any atom is 0.316 e. The standard InChI is InChI=1S/C19H16N2O4S/c1-24-17-9-5-2-6-13(17)16(22)11-25-19(23)12-26-18-10-20-14-7-3-4-8-15(14)21-18/h2-10H,11-12H2,1H3. The average molecular weight is 368 g/mol. The maximum absolute atomic E-state index is 12.2. The van der Waals surface area contributed by atoms with Crippen molar-refractivity contribution in [3.05, 3.63) is 60.3 Å². The van der Waals surface area contributed by atoms with Crippen molar-refractivity contribution >= 4 is 34.5 Å². The molecule has 0 saturated heterocycles. The minimum Gasteiger partial charge on any atom is -0.496 e. The molecular formula is C19H16N2O4S. The number of rotatable bonds is 7. The van der Waals surface area contributed by atoms with Gasteiger partial charge in [0.15, 0.2) is 6.61 Å². The van der Waals surface area contributed by atoms with Crippen LogP contribution in [0.5, 0.6) is 5.75 Å². The van der Waals surface area contributed by atoms with Crippen LogP contribution in [0.1, 0.15) is 10.4 Å². The van der Waals surface area contributed by atoms with Gasteiger partial charge >= 0.3 is 5.97 Å². The Bertz CT molecular complexity index is 945. The Balaban J connectivity index is 1.53. The second-order valence-electron chi connectivity index (χ2n) is 5.27. The van der Waals surface area contributed by atoms with Gasteiger partial charge in [-0.1, -0.05) is 36.0 Å². The Morgan fingerprint density at radius 2 is 1.77 bits per heavy atom. The molecule has 0 atom stereocenters. The zero-order valence-corrected chi connectivity index (χ0v) is 14.9. The fourth-order valence-corrected chi connectivity index (χ4v) is 2.92.